The fourth-order valence-corrected chi connectivity index (χ4v) is 3.81. The number of aromatic nitrogens is 2. The first-order valence-corrected chi connectivity index (χ1v) is 10.3. The van der Waals surface area contributed by atoms with E-state index in [9.17, 15) is 4.79 Å². The first-order valence-electron chi connectivity index (χ1n) is 9.96. The molecule has 2 heterocycles. The minimum absolute atomic E-state index is 0.130. The van der Waals surface area contributed by atoms with E-state index in [-0.39, 0.29) is 11.8 Å². The number of rotatable bonds is 5. The fourth-order valence-electron chi connectivity index (χ4n) is 3.69. The smallest absolute Gasteiger partial charge is 0.233 e. The summed E-state index contributed by atoms with van der Waals surface area (Å²) in [5.41, 5.74) is 3.25. The summed E-state index contributed by atoms with van der Waals surface area (Å²) in [6.07, 6.45) is 1.80. The van der Waals surface area contributed by atoms with Gasteiger partial charge in [0.05, 0.1) is 17.8 Å². The Morgan fingerprint density at radius 2 is 1.76 bits per heavy atom. The summed E-state index contributed by atoms with van der Waals surface area (Å²) in [4.78, 5) is 25.1. The highest BCUT2D eigenvalue weighted by molar-refractivity contribution is 6.30. The van der Waals surface area contributed by atoms with Crippen LogP contribution in [0.2, 0.25) is 5.02 Å². The van der Waals surface area contributed by atoms with Crippen molar-refractivity contribution in [2.45, 2.75) is 19.4 Å². The molecule has 0 spiro atoms. The van der Waals surface area contributed by atoms with Crippen LogP contribution in [0.3, 0.4) is 0 Å². The quantitative estimate of drug-likeness (QED) is 0.689. The molecular formula is C23H25ClN4O. The van der Waals surface area contributed by atoms with Gasteiger partial charge in [-0.2, -0.15) is 0 Å². The molecule has 1 aliphatic rings. The van der Waals surface area contributed by atoms with E-state index in [1.54, 1.807) is 6.20 Å². The number of imidazole rings is 1. The molecule has 1 fully saturated rings. The van der Waals surface area contributed by atoms with Crippen LogP contribution in [0.5, 0.6) is 0 Å². The van der Waals surface area contributed by atoms with Gasteiger partial charge in [0.15, 0.2) is 0 Å². The zero-order valence-corrected chi connectivity index (χ0v) is 17.3. The Morgan fingerprint density at radius 1 is 1.07 bits per heavy atom. The van der Waals surface area contributed by atoms with Gasteiger partial charge >= 0.3 is 0 Å². The molecule has 1 aromatic heterocycles. The molecule has 1 atom stereocenters. The van der Waals surface area contributed by atoms with Gasteiger partial charge in [-0.15, -0.1) is 0 Å². The summed E-state index contributed by atoms with van der Waals surface area (Å²) in [6.45, 7) is 6.03. The van der Waals surface area contributed by atoms with Crippen LogP contribution in [0.4, 0.5) is 0 Å². The van der Waals surface area contributed by atoms with E-state index in [0.29, 0.717) is 0 Å². The Morgan fingerprint density at radius 3 is 2.45 bits per heavy atom. The van der Waals surface area contributed by atoms with E-state index in [2.05, 4.69) is 27.0 Å². The van der Waals surface area contributed by atoms with Gasteiger partial charge in [0.1, 0.15) is 5.82 Å². The number of nitrogens with zero attached hydrogens (tertiary/aromatic N) is 3. The van der Waals surface area contributed by atoms with Crippen molar-refractivity contribution in [2.24, 2.45) is 0 Å². The second-order valence-electron chi connectivity index (χ2n) is 7.50. The summed E-state index contributed by atoms with van der Waals surface area (Å²) in [7, 11) is 0. The molecule has 1 amide bonds. The monoisotopic (exact) mass is 408 g/mol. The summed E-state index contributed by atoms with van der Waals surface area (Å²) in [5, 5.41) is 0.756. The number of halogens is 1. The maximum absolute atomic E-state index is 13.0. The van der Waals surface area contributed by atoms with Crippen LogP contribution >= 0.6 is 11.6 Å². The Balaban J connectivity index is 1.33. The number of benzene rings is 2. The maximum atomic E-state index is 13.0. The van der Waals surface area contributed by atoms with E-state index in [1.807, 2.05) is 54.3 Å². The molecule has 150 valence electrons. The van der Waals surface area contributed by atoms with Gasteiger partial charge in [-0.25, -0.2) is 4.98 Å². The number of H-pyrrole nitrogens is 1. The highest BCUT2D eigenvalue weighted by atomic mass is 35.5. The van der Waals surface area contributed by atoms with Gasteiger partial charge in [0.2, 0.25) is 5.91 Å². The standard InChI is InChI=1S/C23H25ClN4O/c1-17(22-25-15-21(26-22)19-5-3-2-4-6-19)23(29)28-13-11-27(12-14-28)16-18-7-9-20(24)10-8-18/h2-10,15,17H,11-14,16H2,1H3,(H,25,26). The zero-order chi connectivity index (χ0) is 20.2. The lowest BCUT2D eigenvalue weighted by Crippen LogP contribution is -2.49. The molecule has 3 aromatic rings. The number of amides is 1. The Bertz CT molecular complexity index is 947. The Kier molecular flexibility index (Phi) is 5.97. The van der Waals surface area contributed by atoms with Gasteiger partial charge < -0.3 is 9.88 Å². The number of hydrogen-bond donors (Lipinski definition) is 1. The topological polar surface area (TPSA) is 52.2 Å². The number of nitrogens with one attached hydrogen (secondary N) is 1. The van der Waals surface area contributed by atoms with E-state index in [0.717, 1.165) is 54.8 Å². The Labute approximate surface area is 176 Å². The number of aromatic amines is 1. The largest absolute Gasteiger partial charge is 0.341 e. The fraction of sp³-hybridized carbons (Fsp3) is 0.304. The van der Waals surface area contributed by atoms with Crippen LogP contribution in [-0.4, -0.2) is 51.9 Å². The molecule has 1 unspecified atom stereocenters. The molecule has 29 heavy (non-hydrogen) atoms. The lowest BCUT2D eigenvalue weighted by atomic mass is 10.1. The van der Waals surface area contributed by atoms with Gasteiger partial charge in [0, 0.05) is 37.7 Å². The SMILES string of the molecule is CC(C(=O)N1CCN(Cc2ccc(Cl)cc2)CC1)c1ncc(-c2ccccc2)[nH]1. The summed E-state index contributed by atoms with van der Waals surface area (Å²) in [5.74, 6) is 0.567. The highest BCUT2D eigenvalue weighted by Crippen LogP contribution is 2.22. The van der Waals surface area contributed by atoms with Crippen molar-refractivity contribution in [3.05, 3.63) is 77.2 Å². The minimum atomic E-state index is -0.282. The van der Waals surface area contributed by atoms with Crippen molar-refractivity contribution < 1.29 is 4.79 Å². The van der Waals surface area contributed by atoms with Gasteiger partial charge in [0.25, 0.3) is 0 Å². The molecular weight excluding hydrogens is 384 g/mol. The molecule has 5 nitrogen and oxygen atoms in total. The van der Waals surface area contributed by atoms with Crippen LogP contribution < -0.4 is 0 Å². The minimum Gasteiger partial charge on any atom is -0.341 e. The summed E-state index contributed by atoms with van der Waals surface area (Å²) < 4.78 is 0. The lowest BCUT2D eigenvalue weighted by Gasteiger charge is -2.35. The third kappa shape index (κ3) is 4.69. The number of carbonyl (C=O) groups excluding carboxylic acids is 1. The van der Waals surface area contributed by atoms with Crippen LogP contribution in [-0.2, 0) is 11.3 Å². The molecule has 2 aromatic carbocycles. The molecule has 0 saturated carbocycles. The van der Waals surface area contributed by atoms with E-state index >= 15 is 0 Å². The van der Waals surface area contributed by atoms with Crippen LogP contribution in [0.15, 0.2) is 60.8 Å². The van der Waals surface area contributed by atoms with Gasteiger partial charge in [-0.3, -0.25) is 9.69 Å². The first kappa shape index (κ1) is 19.7. The molecule has 1 N–H and O–H groups in total. The van der Waals surface area contributed by atoms with Gasteiger partial charge in [-0.1, -0.05) is 54.1 Å². The second-order valence-corrected chi connectivity index (χ2v) is 7.93. The number of piperazine rings is 1. The average molecular weight is 409 g/mol. The number of carbonyl (C=O) groups is 1. The van der Waals surface area contributed by atoms with Crippen molar-refractivity contribution in [3.63, 3.8) is 0 Å². The summed E-state index contributed by atoms with van der Waals surface area (Å²) >= 11 is 5.96. The van der Waals surface area contributed by atoms with E-state index in [1.165, 1.54) is 5.56 Å². The highest BCUT2D eigenvalue weighted by Gasteiger charge is 2.27. The third-order valence-electron chi connectivity index (χ3n) is 5.46. The molecule has 0 bridgehead atoms. The average Bonchev–Trinajstić information content (AvgIpc) is 3.26. The van der Waals surface area contributed by atoms with E-state index in [4.69, 9.17) is 11.6 Å². The first-order chi connectivity index (χ1) is 14.1. The van der Waals surface area contributed by atoms with Crippen molar-refractivity contribution >= 4 is 17.5 Å². The van der Waals surface area contributed by atoms with Gasteiger partial charge in [-0.05, 0) is 30.2 Å². The molecule has 0 aliphatic carbocycles. The molecule has 1 aliphatic heterocycles. The summed E-state index contributed by atoms with van der Waals surface area (Å²) in [6, 6.07) is 18.0. The van der Waals surface area contributed by atoms with Crippen molar-refractivity contribution in [1.82, 2.24) is 19.8 Å². The molecule has 4 rings (SSSR count). The lowest BCUT2D eigenvalue weighted by molar-refractivity contribution is -0.134. The van der Waals surface area contributed by atoms with Crippen molar-refractivity contribution in [2.75, 3.05) is 26.2 Å². The second kappa shape index (κ2) is 8.80. The normalized spacial score (nSPS) is 16.0. The zero-order valence-electron chi connectivity index (χ0n) is 16.5. The van der Waals surface area contributed by atoms with E-state index < -0.39 is 0 Å². The molecule has 1 saturated heterocycles. The van der Waals surface area contributed by atoms with Crippen LogP contribution in [0, 0.1) is 0 Å². The maximum Gasteiger partial charge on any atom is 0.233 e. The predicted molar refractivity (Wildman–Crippen MR) is 116 cm³/mol. The van der Waals surface area contributed by atoms with Crippen molar-refractivity contribution in [1.29, 1.82) is 0 Å². The van der Waals surface area contributed by atoms with Crippen molar-refractivity contribution in [3.8, 4) is 11.3 Å². The third-order valence-corrected chi connectivity index (χ3v) is 5.72. The van der Waals surface area contributed by atoms with Crippen LogP contribution in [0.25, 0.3) is 11.3 Å². The predicted octanol–water partition coefficient (Wildman–Crippen LogP) is 4.18. The van der Waals surface area contributed by atoms with Crippen LogP contribution in [0.1, 0.15) is 24.2 Å². The number of hydrogen-bond acceptors (Lipinski definition) is 3. The Hall–Kier alpha value is -2.63. The molecule has 6 heteroatoms. The molecule has 0 radical (unpaired) electrons.